The summed E-state index contributed by atoms with van der Waals surface area (Å²) >= 11 is 0. The monoisotopic (exact) mass is 348 g/mol. The van der Waals surface area contributed by atoms with Crippen molar-refractivity contribution in [1.29, 1.82) is 5.26 Å². The molecule has 3 heterocycles. The first-order valence-corrected chi connectivity index (χ1v) is 7.99. The number of allylic oxidation sites excluding steroid dienone is 1. The van der Waals surface area contributed by atoms with Gasteiger partial charge in [-0.25, -0.2) is 0 Å². The molecule has 7 nitrogen and oxygen atoms in total. The van der Waals surface area contributed by atoms with Crippen molar-refractivity contribution in [2.45, 2.75) is 12.8 Å². The Morgan fingerprint density at radius 2 is 2.00 bits per heavy atom. The van der Waals surface area contributed by atoms with E-state index in [1.54, 1.807) is 7.11 Å². The van der Waals surface area contributed by atoms with Crippen molar-refractivity contribution in [3.05, 3.63) is 64.9 Å². The summed E-state index contributed by atoms with van der Waals surface area (Å²) in [4.78, 5) is 0. The fourth-order valence-corrected chi connectivity index (χ4v) is 3.10. The standard InChI is InChI=1S/C19H16N4O3/c1-10-16-17(13(9-20)18(21)26-19(16)23-22-10)15-8-7-14(25-15)11-3-5-12(24-2)6-4-11/h3-8,17H,21H2,1-2H3,(H,22,23)/t17-/m1/s1. The third kappa shape index (κ3) is 2.40. The average molecular weight is 348 g/mol. The summed E-state index contributed by atoms with van der Waals surface area (Å²) in [5.41, 5.74) is 8.68. The van der Waals surface area contributed by atoms with Crippen LogP contribution >= 0.6 is 0 Å². The van der Waals surface area contributed by atoms with Gasteiger partial charge in [-0.2, -0.15) is 5.26 Å². The van der Waals surface area contributed by atoms with Gasteiger partial charge in [0.1, 0.15) is 28.9 Å². The molecule has 7 heteroatoms. The van der Waals surface area contributed by atoms with Crippen molar-refractivity contribution in [1.82, 2.24) is 10.2 Å². The summed E-state index contributed by atoms with van der Waals surface area (Å²) in [5, 5.41) is 16.6. The number of rotatable bonds is 3. The summed E-state index contributed by atoms with van der Waals surface area (Å²) < 4.78 is 16.7. The minimum absolute atomic E-state index is 0.0406. The van der Waals surface area contributed by atoms with E-state index < -0.39 is 5.92 Å². The first-order chi connectivity index (χ1) is 12.6. The highest BCUT2D eigenvalue weighted by molar-refractivity contribution is 5.60. The number of H-pyrrole nitrogens is 1. The number of fused-ring (bicyclic) bond motifs is 1. The average Bonchev–Trinajstić information content (AvgIpc) is 3.28. The van der Waals surface area contributed by atoms with Crippen LogP contribution < -0.4 is 15.2 Å². The molecular formula is C19H16N4O3. The van der Waals surface area contributed by atoms with Crippen LogP contribution in [-0.2, 0) is 0 Å². The van der Waals surface area contributed by atoms with Crippen molar-refractivity contribution in [2.24, 2.45) is 5.73 Å². The van der Waals surface area contributed by atoms with Gasteiger partial charge in [0.2, 0.25) is 11.8 Å². The summed E-state index contributed by atoms with van der Waals surface area (Å²) in [6, 6.07) is 13.4. The molecule has 0 radical (unpaired) electrons. The van der Waals surface area contributed by atoms with E-state index in [-0.39, 0.29) is 5.88 Å². The van der Waals surface area contributed by atoms with Crippen LogP contribution in [0, 0.1) is 18.3 Å². The second-order valence-electron chi connectivity index (χ2n) is 5.92. The highest BCUT2D eigenvalue weighted by atomic mass is 16.5. The number of nitrogens with two attached hydrogens (primary N) is 1. The molecule has 3 aromatic rings. The van der Waals surface area contributed by atoms with Crippen LogP contribution in [0.3, 0.4) is 0 Å². The number of nitrogens with zero attached hydrogens (tertiary/aromatic N) is 2. The Labute approximate surface area is 149 Å². The molecule has 4 rings (SSSR count). The molecule has 130 valence electrons. The van der Waals surface area contributed by atoms with Crippen molar-refractivity contribution in [3.63, 3.8) is 0 Å². The SMILES string of the molecule is COc1ccc(-c2ccc([C@H]3C(C#N)=C(N)Oc4n[nH]c(C)c43)o2)cc1. The molecule has 26 heavy (non-hydrogen) atoms. The molecule has 0 unspecified atom stereocenters. The molecule has 0 saturated carbocycles. The zero-order valence-electron chi connectivity index (χ0n) is 14.2. The molecule has 0 fully saturated rings. The van der Waals surface area contributed by atoms with Crippen molar-refractivity contribution < 1.29 is 13.9 Å². The molecule has 0 aliphatic carbocycles. The largest absolute Gasteiger partial charge is 0.497 e. The second-order valence-corrected chi connectivity index (χ2v) is 5.92. The third-order valence-corrected chi connectivity index (χ3v) is 4.42. The number of aryl methyl sites for hydroxylation is 1. The molecular weight excluding hydrogens is 332 g/mol. The third-order valence-electron chi connectivity index (χ3n) is 4.42. The summed E-state index contributed by atoms with van der Waals surface area (Å²) in [6.45, 7) is 1.87. The van der Waals surface area contributed by atoms with Crippen LogP contribution in [0.2, 0.25) is 0 Å². The minimum atomic E-state index is -0.463. The number of hydrogen-bond acceptors (Lipinski definition) is 6. The zero-order chi connectivity index (χ0) is 18.3. The fourth-order valence-electron chi connectivity index (χ4n) is 3.10. The second kappa shape index (κ2) is 6.01. The van der Waals surface area contributed by atoms with Gasteiger partial charge in [-0.05, 0) is 43.3 Å². The van der Waals surface area contributed by atoms with Crippen molar-refractivity contribution >= 4 is 0 Å². The predicted octanol–water partition coefficient (Wildman–Crippen LogP) is 3.20. The Kier molecular flexibility index (Phi) is 3.66. The van der Waals surface area contributed by atoms with Gasteiger partial charge in [-0.15, -0.1) is 5.10 Å². The van der Waals surface area contributed by atoms with E-state index in [9.17, 15) is 5.26 Å². The molecule has 3 N–H and O–H groups in total. The van der Waals surface area contributed by atoms with Crippen LogP contribution in [0.25, 0.3) is 11.3 Å². The lowest BCUT2D eigenvalue weighted by Gasteiger charge is -2.21. The van der Waals surface area contributed by atoms with Crippen LogP contribution in [0.1, 0.15) is 22.9 Å². The summed E-state index contributed by atoms with van der Waals surface area (Å²) in [6.07, 6.45) is 0. The van der Waals surface area contributed by atoms with Crippen LogP contribution in [0.15, 0.2) is 52.3 Å². The van der Waals surface area contributed by atoms with Crippen molar-refractivity contribution in [2.75, 3.05) is 7.11 Å². The fraction of sp³-hybridized carbons (Fsp3) is 0.158. The summed E-state index contributed by atoms with van der Waals surface area (Å²) in [5.74, 6) is 2.00. The Bertz CT molecular complexity index is 1040. The maximum absolute atomic E-state index is 9.57. The van der Waals surface area contributed by atoms with Crippen LogP contribution in [-0.4, -0.2) is 17.3 Å². The van der Waals surface area contributed by atoms with Gasteiger partial charge >= 0.3 is 0 Å². The van der Waals surface area contributed by atoms with Gasteiger partial charge in [-0.3, -0.25) is 5.10 Å². The number of benzene rings is 1. The van der Waals surface area contributed by atoms with Gasteiger partial charge in [0.25, 0.3) is 0 Å². The number of hydrogen-bond donors (Lipinski definition) is 2. The van der Waals surface area contributed by atoms with Gasteiger partial charge in [0.15, 0.2) is 0 Å². The predicted molar refractivity (Wildman–Crippen MR) is 93.3 cm³/mol. The van der Waals surface area contributed by atoms with E-state index in [0.29, 0.717) is 23.0 Å². The zero-order valence-corrected chi connectivity index (χ0v) is 14.2. The van der Waals surface area contributed by atoms with E-state index in [1.807, 2.05) is 43.3 Å². The number of nitrogens with one attached hydrogen (secondary N) is 1. The molecule has 1 aliphatic rings. The number of nitriles is 1. The Hall–Kier alpha value is -3.66. The van der Waals surface area contributed by atoms with Gasteiger partial charge in [-0.1, -0.05) is 0 Å². The molecule has 1 aromatic carbocycles. The Balaban J connectivity index is 1.78. The highest BCUT2D eigenvalue weighted by Crippen LogP contribution is 2.43. The summed E-state index contributed by atoms with van der Waals surface area (Å²) in [7, 11) is 1.62. The minimum Gasteiger partial charge on any atom is -0.497 e. The topological polar surface area (TPSA) is 110 Å². The first kappa shape index (κ1) is 15.8. The molecule has 0 saturated heterocycles. The first-order valence-electron chi connectivity index (χ1n) is 7.99. The maximum Gasteiger partial charge on any atom is 0.244 e. The number of ether oxygens (including phenoxy) is 2. The molecule has 2 aromatic heterocycles. The number of aromatic amines is 1. The number of methoxy groups -OCH3 is 1. The van der Waals surface area contributed by atoms with E-state index in [1.165, 1.54) is 0 Å². The van der Waals surface area contributed by atoms with E-state index >= 15 is 0 Å². The van der Waals surface area contributed by atoms with Crippen LogP contribution in [0.4, 0.5) is 0 Å². The Morgan fingerprint density at radius 3 is 2.69 bits per heavy atom. The van der Waals surface area contributed by atoms with E-state index in [2.05, 4.69) is 16.3 Å². The quantitative estimate of drug-likeness (QED) is 0.752. The lowest BCUT2D eigenvalue weighted by molar-refractivity contribution is 0.371. The number of aromatic nitrogens is 2. The van der Waals surface area contributed by atoms with Gasteiger partial charge < -0.3 is 19.6 Å². The smallest absolute Gasteiger partial charge is 0.244 e. The lowest BCUT2D eigenvalue weighted by Crippen LogP contribution is -2.20. The van der Waals surface area contributed by atoms with E-state index in [0.717, 1.165) is 22.6 Å². The van der Waals surface area contributed by atoms with Gasteiger partial charge in [0.05, 0.1) is 18.6 Å². The molecule has 0 spiro atoms. The van der Waals surface area contributed by atoms with Crippen molar-refractivity contribution in [3.8, 4) is 29.0 Å². The van der Waals surface area contributed by atoms with Gasteiger partial charge in [0, 0.05) is 11.3 Å². The normalized spacial score (nSPS) is 16.0. The van der Waals surface area contributed by atoms with Crippen LogP contribution in [0.5, 0.6) is 11.6 Å². The lowest BCUT2D eigenvalue weighted by atomic mass is 9.88. The number of furan rings is 1. The molecule has 0 amide bonds. The molecule has 1 aliphatic heterocycles. The maximum atomic E-state index is 9.57. The Morgan fingerprint density at radius 1 is 1.23 bits per heavy atom. The molecule has 1 atom stereocenters. The highest BCUT2D eigenvalue weighted by Gasteiger charge is 2.36. The molecule has 0 bridgehead atoms. The van der Waals surface area contributed by atoms with E-state index in [4.69, 9.17) is 19.6 Å².